The van der Waals surface area contributed by atoms with Crippen molar-refractivity contribution >= 4 is 29.3 Å². The number of hydrogen-bond donors (Lipinski definition) is 2. The fourth-order valence-corrected chi connectivity index (χ4v) is 3.70. The number of benzene rings is 1. The van der Waals surface area contributed by atoms with Crippen molar-refractivity contribution in [1.82, 2.24) is 20.2 Å². The van der Waals surface area contributed by atoms with Crippen LogP contribution in [0.5, 0.6) is 0 Å². The summed E-state index contributed by atoms with van der Waals surface area (Å²) in [4.78, 5) is 12.1. The normalized spacial score (nSPS) is 15.4. The van der Waals surface area contributed by atoms with Crippen LogP contribution >= 0.6 is 23.4 Å². The van der Waals surface area contributed by atoms with Gasteiger partial charge in [-0.3, -0.25) is 4.79 Å². The largest absolute Gasteiger partial charge is 0.353 e. The number of amides is 1. The summed E-state index contributed by atoms with van der Waals surface area (Å²) in [6.07, 6.45) is 5.80. The van der Waals surface area contributed by atoms with Gasteiger partial charge in [0.15, 0.2) is 5.82 Å². The van der Waals surface area contributed by atoms with E-state index in [-0.39, 0.29) is 11.7 Å². The van der Waals surface area contributed by atoms with Crippen molar-refractivity contribution in [3.05, 3.63) is 29.3 Å². The molecule has 1 heterocycles. The van der Waals surface area contributed by atoms with Gasteiger partial charge in [-0.15, -0.1) is 10.2 Å². The number of nitrogens with one attached hydrogen (secondary N) is 1. The highest BCUT2D eigenvalue weighted by molar-refractivity contribution is 7.99. The molecule has 0 radical (unpaired) electrons. The molecule has 1 aliphatic carbocycles. The smallest absolute Gasteiger partial charge is 0.230 e. The number of carbonyl (C=O) groups excluding carboxylic acids is 1. The molecule has 0 bridgehead atoms. The molecule has 0 aliphatic heterocycles. The molecule has 1 aliphatic rings. The quantitative estimate of drug-likeness (QED) is 0.628. The third-order valence-corrected chi connectivity index (χ3v) is 5.23. The molecule has 1 saturated carbocycles. The second-order valence-corrected chi connectivity index (χ2v) is 7.26. The highest BCUT2D eigenvalue weighted by Crippen LogP contribution is 2.24. The van der Waals surface area contributed by atoms with Crippen molar-refractivity contribution in [2.24, 2.45) is 0 Å². The Morgan fingerprint density at radius 2 is 2.12 bits per heavy atom. The monoisotopic (exact) mass is 365 g/mol. The van der Waals surface area contributed by atoms with Crippen molar-refractivity contribution < 1.29 is 4.79 Å². The van der Waals surface area contributed by atoms with E-state index in [1.807, 2.05) is 12.1 Å². The molecule has 3 rings (SSSR count). The summed E-state index contributed by atoms with van der Waals surface area (Å²) in [5.74, 6) is 6.87. The maximum absolute atomic E-state index is 12.1. The first-order chi connectivity index (χ1) is 11.6. The van der Waals surface area contributed by atoms with Crippen molar-refractivity contribution in [1.29, 1.82) is 0 Å². The maximum Gasteiger partial charge on any atom is 0.230 e. The van der Waals surface area contributed by atoms with Crippen LogP contribution in [0.25, 0.3) is 11.4 Å². The van der Waals surface area contributed by atoms with Gasteiger partial charge in [0, 0.05) is 16.6 Å². The number of hydrogen-bond acceptors (Lipinski definition) is 5. The third-order valence-electron chi connectivity index (χ3n) is 4.05. The molecule has 0 saturated heterocycles. The summed E-state index contributed by atoms with van der Waals surface area (Å²) in [6.45, 7) is 0. The minimum absolute atomic E-state index is 0.0132. The van der Waals surface area contributed by atoms with Crippen LogP contribution in [0, 0.1) is 0 Å². The van der Waals surface area contributed by atoms with Crippen molar-refractivity contribution in [3.8, 4) is 11.4 Å². The van der Waals surface area contributed by atoms with Crippen LogP contribution in [-0.4, -0.2) is 32.6 Å². The predicted molar refractivity (Wildman–Crippen MR) is 96.4 cm³/mol. The van der Waals surface area contributed by atoms with Gasteiger partial charge in [-0.05, 0) is 25.0 Å². The Morgan fingerprint density at radius 3 is 2.88 bits per heavy atom. The minimum Gasteiger partial charge on any atom is -0.353 e. The first kappa shape index (κ1) is 17.1. The zero-order valence-corrected chi connectivity index (χ0v) is 14.8. The van der Waals surface area contributed by atoms with Gasteiger partial charge in [0.1, 0.15) is 0 Å². The van der Waals surface area contributed by atoms with Crippen LogP contribution in [0.15, 0.2) is 29.4 Å². The molecule has 24 heavy (non-hydrogen) atoms. The molecule has 0 unspecified atom stereocenters. The molecule has 6 nitrogen and oxygen atoms in total. The van der Waals surface area contributed by atoms with Crippen molar-refractivity contribution in [3.63, 3.8) is 0 Å². The summed E-state index contributed by atoms with van der Waals surface area (Å²) < 4.78 is 1.39. The van der Waals surface area contributed by atoms with E-state index in [4.69, 9.17) is 17.4 Å². The lowest BCUT2D eigenvalue weighted by Gasteiger charge is -2.22. The third kappa shape index (κ3) is 4.21. The fourth-order valence-electron chi connectivity index (χ4n) is 2.85. The van der Waals surface area contributed by atoms with Gasteiger partial charge >= 0.3 is 0 Å². The first-order valence-electron chi connectivity index (χ1n) is 8.02. The maximum atomic E-state index is 12.1. The summed E-state index contributed by atoms with van der Waals surface area (Å²) in [6, 6.07) is 7.57. The molecular formula is C16H20ClN5OS. The van der Waals surface area contributed by atoms with Crippen LogP contribution in [-0.2, 0) is 4.79 Å². The Balaban J connectivity index is 1.59. The number of thioether (sulfide) groups is 1. The molecular weight excluding hydrogens is 346 g/mol. The number of aromatic nitrogens is 3. The Kier molecular flexibility index (Phi) is 5.63. The molecule has 3 N–H and O–H groups in total. The molecule has 128 valence electrons. The lowest BCUT2D eigenvalue weighted by atomic mass is 9.95. The molecule has 2 aromatic rings. The standard InChI is InChI=1S/C16H20ClN5OS/c17-12-6-4-5-11(9-12)15-20-21-16(22(15)18)24-10-14(23)19-13-7-2-1-3-8-13/h4-6,9,13H,1-3,7-8,10,18H2,(H,19,23). The predicted octanol–water partition coefficient (Wildman–Crippen LogP) is 2.85. The van der Waals surface area contributed by atoms with E-state index in [0.29, 0.717) is 22.0 Å². The summed E-state index contributed by atoms with van der Waals surface area (Å²) >= 11 is 7.28. The van der Waals surface area contributed by atoms with Gasteiger partial charge in [-0.1, -0.05) is 54.8 Å². The van der Waals surface area contributed by atoms with Gasteiger partial charge < -0.3 is 11.2 Å². The molecule has 1 aromatic carbocycles. The summed E-state index contributed by atoms with van der Waals surface area (Å²) in [5, 5.41) is 12.4. The molecule has 1 amide bonds. The van der Waals surface area contributed by atoms with E-state index in [0.717, 1.165) is 18.4 Å². The molecule has 0 spiro atoms. The topological polar surface area (TPSA) is 85.8 Å². The van der Waals surface area contributed by atoms with Crippen LogP contribution in [0.1, 0.15) is 32.1 Å². The van der Waals surface area contributed by atoms with E-state index in [1.165, 1.54) is 35.7 Å². The van der Waals surface area contributed by atoms with Gasteiger partial charge in [0.25, 0.3) is 0 Å². The second-order valence-electron chi connectivity index (χ2n) is 5.88. The van der Waals surface area contributed by atoms with Crippen LogP contribution in [0.2, 0.25) is 5.02 Å². The molecule has 1 aromatic heterocycles. The second kappa shape index (κ2) is 7.90. The summed E-state index contributed by atoms with van der Waals surface area (Å²) in [7, 11) is 0. The zero-order chi connectivity index (χ0) is 16.9. The highest BCUT2D eigenvalue weighted by atomic mass is 35.5. The van der Waals surface area contributed by atoms with Gasteiger partial charge in [0.2, 0.25) is 11.1 Å². The van der Waals surface area contributed by atoms with E-state index >= 15 is 0 Å². The van der Waals surface area contributed by atoms with Crippen molar-refractivity contribution in [2.75, 3.05) is 11.6 Å². The number of nitrogens with two attached hydrogens (primary N) is 1. The number of nitrogens with zero attached hydrogens (tertiary/aromatic N) is 3. The Hall–Kier alpha value is -1.73. The average Bonchev–Trinajstić information content (AvgIpc) is 2.95. The van der Waals surface area contributed by atoms with Crippen LogP contribution < -0.4 is 11.2 Å². The average molecular weight is 366 g/mol. The van der Waals surface area contributed by atoms with E-state index in [1.54, 1.807) is 12.1 Å². The Morgan fingerprint density at radius 1 is 1.33 bits per heavy atom. The highest BCUT2D eigenvalue weighted by Gasteiger charge is 2.17. The minimum atomic E-state index is 0.0132. The number of halogens is 1. The van der Waals surface area contributed by atoms with Gasteiger partial charge in [-0.2, -0.15) is 0 Å². The molecule has 1 fully saturated rings. The summed E-state index contributed by atoms with van der Waals surface area (Å²) in [5.41, 5.74) is 0.788. The lowest BCUT2D eigenvalue weighted by Crippen LogP contribution is -2.37. The van der Waals surface area contributed by atoms with E-state index in [9.17, 15) is 4.79 Å². The fraction of sp³-hybridized carbons (Fsp3) is 0.438. The molecule has 0 atom stereocenters. The van der Waals surface area contributed by atoms with Gasteiger partial charge in [-0.25, -0.2) is 4.68 Å². The Labute approximate surface area is 150 Å². The molecule has 8 heteroatoms. The number of nitrogen functional groups attached to an aromatic ring is 1. The SMILES string of the molecule is Nn1c(SCC(=O)NC2CCCCC2)nnc1-c1cccc(Cl)c1. The Bertz CT molecular complexity index is 714. The van der Waals surface area contributed by atoms with Crippen molar-refractivity contribution in [2.45, 2.75) is 43.3 Å². The van der Waals surface area contributed by atoms with E-state index < -0.39 is 0 Å². The van der Waals surface area contributed by atoms with Gasteiger partial charge in [0.05, 0.1) is 5.75 Å². The number of carbonyl (C=O) groups is 1. The first-order valence-corrected chi connectivity index (χ1v) is 9.38. The lowest BCUT2D eigenvalue weighted by molar-refractivity contribution is -0.119. The van der Waals surface area contributed by atoms with Crippen LogP contribution in [0.4, 0.5) is 0 Å². The number of rotatable bonds is 5. The zero-order valence-electron chi connectivity index (χ0n) is 13.2. The van der Waals surface area contributed by atoms with E-state index in [2.05, 4.69) is 15.5 Å². The van der Waals surface area contributed by atoms with Crippen LogP contribution in [0.3, 0.4) is 0 Å².